The Morgan fingerprint density at radius 3 is 2.76 bits per heavy atom. The first kappa shape index (κ1) is 15.9. The maximum Gasteiger partial charge on any atom is 0.256 e. The smallest absolute Gasteiger partial charge is 0.256 e. The van der Waals surface area contributed by atoms with Gasteiger partial charge in [0.25, 0.3) is 5.88 Å². The Hall–Kier alpha value is -1.46. The zero-order valence-electron chi connectivity index (χ0n) is 12.3. The summed E-state index contributed by atoms with van der Waals surface area (Å²) >= 11 is 3.44. The number of hydrogen-bond donors (Lipinski definition) is 1. The molecule has 1 heterocycles. The summed E-state index contributed by atoms with van der Waals surface area (Å²) in [6.45, 7) is 4.56. The lowest BCUT2D eigenvalue weighted by atomic mass is 10.0. The van der Waals surface area contributed by atoms with Crippen LogP contribution in [0.3, 0.4) is 0 Å². The largest absolute Gasteiger partial charge is 0.436 e. The maximum atomic E-state index is 14.3. The number of nitrogens with zero attached hydrogens (tertiary/aromatic N) is 1. The molecule has 1 N–H and O–H groups in total. The minimum Gasteiger partial charge on any atom is -0.436 e. The van der Waals surface area contributed by atoms with Crippen molar-refractivity contribution in [2.45, 2.75) is 26.3 Å². The summed E-state index contributed by atoms with van der Waals surface area (Å²) in [6.07, 6.45) is 1.55. The van der Waals surface area contributed by atoms with Gasteiger partial charge in [-0.3, -0.25) is 0 Å². The summed E-state index contributed by atoms with van der Waals surface area (Å²) in [5.41, 5.74) is 1.54. The van der Waals surface area contributed by atoms with E-state index in [1.54, 1.807) is 19.3 Å². The van der Waals surface area contributed by atoms with Gasteiger partial charge in [-0.05, 0) is 42.8 Å². The molecule has 2 aromatic rings. The molecule has 0 saturated heterocycles. The average molecular weight is 353 g/mol. The highest BCUT2D eigenvalue weighted by Gasteiger charge is 2.15. The van der Waals surface area contributed by atoms with Crippen LogP contribution >= 0.6 is 15.9 Å². The summed E-state index contributed by atoms with van der Waals surface area (Å²) in [6, 6.07) is 7.32. The van der Waals surface area contributed by atoms with E-state index in [1.165, 1.54) is 0 Å². The maximum absolute atomic E-state index is 14.3. The van der Waals surface area contributed by atoms with Crippen LogP contribution in [0.5, 0.6) is 11.6 Å². The molecule has 1 aromatic carbocycles. The van der Waals surface area contributed by atoms with Crippen molar-refractivity contribution in [2.75, 3.05) is 7.05 Å². The number of benzene rings is 1. The monoisotopic (exact) mass is 352 g/mol. The van der Waals surface area contributed by atoms with E-state index >= 15 is 0 Å². The number of halogens is 2. The van der Waals surface area contributed by atoms with Gasteiger partial charge in [0.05, 0.1) is 0 Å². The van der Waals surface area contributed by atoms with E-state index in [0.29, 0.717) is 17.9 Å². The van der Waals surface area contributed by atoms with Crippen LogP contribution in [0.2, 0.25) is 0 Å². The lowest BCUT2D eigenvalue weighted by Gasteiger charge is -2.14. The molecule has 0 amide bonds. The lowest BCUT2D eigenvalue weighted by molar-refractivity contribution is 0.412. The van der Waals surface area contributed by atoms with Gasteiger partial charge in [0.15, 0.2) is 5.82 Å². The highest BCUT2D eigenvalue weighted by Crippen LogP contribution is 2.33. The molecule has 0 radical (unpaired) electrons. The fourth-order valence-corrected chi connectivity index (χ4v) is 2.41. The molecule has 0 fully saturated rings. The second-order valence-electron chi connectivity index (χ2n) is 5.06. The van der Waals surface area contributed by atoms with Crippen LogP contribution in [0.25, 0.3) is 0 Å². The minimum atomic E-state index is -0.426. The van der Waals surface area contributed by atoms with Crippen molar-refractivity contribution in [2.24, 2.45) is 0 Å². The van der Waals surface area contributed by atoms with Crippen molar-refractivity contribution in [1.29, 1.82) is 0 Å². The molecule has 1 aromatic heterocycles. The summed E-state index contributed by atoms with van der Waals surface area (Å²) < 4.78 is 21.0. The van der Waals surface area contributed by atoms with Gasteiger partial charge in [0.2, 0.25) is 0 Å². The van der Waals surface area contributed by atoms with E-state index in [-0.39, 0.29) is 11.8 Å². The van der Waals surface area contributed by atoms with Crippen LogP contribution < -0.4 is 10.1 Å². The number of ether oxygens (including phenoxy) is 1. The first-order chi connectivity index (χ1) is 10.0. The third-order valence-corrected chi connectivity index (χ3v) is 3.60. The standard InChI is InChI=1S/C16H18BrFN2O/c1-10(2)13-8-12(17)4-5-14(13)21-16-15(18)11(9-19-3)6-7-20-16/h4-8,10,19H,9H2,1-3H3. The van der Waals surface area contributed by atoms with Crippen molar-refractivity contribution in [3.8, 4) is 11.6 Å². The fraction of sp³-hybridized carbons (Fsp3) is 0.312. The number of rotatable bonds is 5. The van der Waals surface area contributed by atoms with Crippen LogP contribution in [0.4, 0.5) is 4.39 Å². The Morgan fingerprint density at radius 1 is 1.33 bits per heavy atom. The predicted octanol–water partition coefficient (Wildman–Crippen LogP) is 4.62. The molecule has 0 aliphatic rings. The molecule has 112 valence electrons. The molecule has 5 heteroatoms. The van der Waals surface area contributed by atoms with Crippen LogP contribution in [0.1, 0.15) is 30.9 Å². The molecule has 2 rings (SSSR count). The molecule has 21 heavy (non-hydrogen) atoms. The Balaban J connectivity index is 2.36. The van der Waals surface area contributed by atoms with E-state index < -0.39 is 5.82 Å². The van der Waals surface area contributed by atoms with E-state index in [0.717, 1.165) is 10.0 Å². The van der Waals surface area contributed by atoms with E-state index in [9.17, 15) is 4.39 Å². The molecule has 3 nitrogen and oxygen atoms in total. The second-order valence-corrected chi connectivity index (χ2v) is 5.97. The quantitative estimate of drug-likeness (QED) is 0.852. The van der Waals surface area contributed by atoms with E-state index in [1.807, 2.05) is 18.2 Å². The molecule has 0 saturated carbocycles. The molecule has 0 aliphatic heterocycles. The highest BCUT2D eigenvalue weighted by molar-refractivity contribution is 9.10. The van der Waals surface area contributed by atoms with Gasteiger partial charge in [-0.1, -0.05) is 29.8 Å². The predicted molar refractivity (Wildman–Crippen MR) is 85.3 cm³/mol. The van der Waals surface area contributed by atoms with Crippen LogP contribution in [0, 0.1) is 5.82 Å². The molecule has 0 unspecified atom stereocenters. The van der Waals surface area contributed by atoms with Crippen LogP contribution in [-0.4, -0.2) is 12.0 Å². The Labute approximate surface area is 132 Å². The van der Waals surface area contributed by atoms with Crippen molar-refractivity contribution in [3.63, 3.8) is 0 Å². The Bertz CT molecular complexity index is 632. The molecule has 0 atom stereocenters. The normalized spacial score (nSPS) is 11.0. The summed E-state index contributed by atoms with van der Waals surface area (Å²) in [7, 11) is 1.77. The molecular weight excluding hydrogens is 335 g/mol. The first-order valence-corrected chi connectivity index (χ1v) is 7.57. The van der Waals surface area contributed by atoms with E-state index in [2.05, 4.69) is 40.1 Å². The van der Waals surface area contributed by atoms with Crippen LogP contribution in [0.15, 0.2) is 34.9 Å². The SMILES string of the molecule is CNCc1ccnc(Oc2ccc(Br)cc2C(C)C)c1F. The lowest BCUT2D eigenvalue weighted by Crippen LogP contribution is -2.08. The van der Waals surface area contributed by atoms with Gasteiger partial charge in [-0.25, -0.2) is 9.37 Å². The third-order valence-electron chi connectivity index (χ3n) is 3.10. The molecular formula is C16H18BrFN2O. The Morgan fingerprint density at radius 2 is 2.10 bits per heavy atom. The summed E-state index contributed by atoms with van der Waals surface area (Å²) in [5.74, 6) is 0.471. The van der Waals surface area contributed by atoms with Gasteiger partial charge in [-0.15, -0.1) is 0 Å². The Kier molecular flexibility index (Phi) is 5.31. The minimum absolute atomic E-state index is 0.00646. The van der Waals surface area contributed by atoms with Crippen molar-refractivity contribution in [1.82, 2.24) is 10.3 Å². The van der Waals surface area contributed by atoms with Gasteiger partial charge < -0.3 is 10.1 Å². The van der Waals surface area contributed by atoms with Crippen LogP contribution in [-0.2, 0) is 6.54 Å². The third kappa shape index (κ3) is 3.80. The van der Waals surface area contributed by atoms with E-state index in [4.69, 9.17) is 4.74 Å². The fourth-order valence-electron chi connectivity index (χ4n) is 2.03. The zero-order chi connectivity index (χ0) is 15.4. The average Bonchev–Trinajstić information content (AvgIpc) is 2.45. The van der Waals surface area contributed by atoms with Gasteiger partial charge in [0, 0.05) is 22.8 Å². The van der Waals surface area contributed by atoms with Gasteiger partial charge >= 0.3 is 0 Å². The van der Waals surface area contributed by atoms with Crippen molar-refractivity contribution < 1.29 is 9.13 Å². The topological polar surface area (TPSA) is 34.2 Å². The zero-order valence-corrected chi connectivity index (χ0v) is 13.9. The number of aromatic nitrogens is 1. The van der Waals surface area contributed by atoms with Crippen molar-refractivity contribution in [3.05, 3.63) is 51.9 Å². The molecule has 0 bridgehead atoms. The number of pyridine rings is 1. The highest BCUT2D eigenvalue weighted by atomic mass is 79.9. The molecule has 0 spiro atoms. The summed E-state index contributed by atoms with van der Waals surface area (Å²) in [5, 5.41) is 2.92. The van der Waals surface area contributed by atoms with Gasteiger partial charge in [-0.2, -0.15) is 0 Å². The number of nitrogens with one attached hydrogen (secondary N) is 1. The van der Waals surface area contributed by atoms with Crippen molar-refractivity contribution >= 4 is 15.9 Å². The second kappa shape index (κ2) is 7.00. The van der Waals surface area contributed by atoms with Gasteiger partial charge in [0.1, 0.15) is 5.75 Å². The first-order valence-electron chi connectivity index (χ1n) is 6.78. The summed E-state index contributed by atoms with van der Waals surface area (Å²) in [4.78, 5) is 4.00. The molecule has 0 aliphatic carbocycles. The number of hydrogen-bond acceptors (Lipinski definition) is 3.